The molecule has 1 rings (SSSR count). The second-order valence-electron chi connectivity index (χ2n) is 4.50. The average Bonchev–Trinajstić information content (AvgIpc) is 2.34. The molecule has 7 heteroatoms. The highest BCUT2D eigenvalue weighted by Gasteiger charge is 2.13. The summed E-state index contributed by atoms with van der Waals surface area (Å²) >= 11 is 0. The molecule has 108 valence electrons. The molecule has 0 saturated heterocycles. The molecule has 1 heterocycles. The Morgan fingerprint density at radius 1 is 1.47 bits per heavy atom. The number of hydrogen-bond acceptors (Lipinski definition) is 5. The zero-order valence-electron chi connectivity index (χ0n) is 11.7. The third-order valence-electron chi connectivity index (χ3n) is 2.87. The summed E-state index contributed by atoms with van der Waals surface area (Å²) in [5.41, 5.74) is 5.13. The second-order valence-corrected chi connectivity index (χ2v) is 4.50. The standard InChI is InChI=1S/C12H22N4O3/c1-4-5-8(2)14-9-10(13)16(6-7-19-3)12(18)15-11(9)17/h8,14H,4-7,13H2,1-3H3,(H,15,17,18). The minimum Gasteiger partial charge on any atom is -0.383 e. The first kappa shape index (κ1) is 15.3. The number of ether oxygens (including phenoxy) is 1. The van der Waals surface area contributed by atoms with Crippen molar-refractivity contribution in [2.45, 2.75) is 39.3 Å². The SMILES string of the molecule is CCCC(C)Nc1c(N)n(CCOC)c(=O)[nH]c1=O. The summed E-state index contributed by atoms with van der Waals surface area (Å²) < 4.78 is 6.22. The molecule has 1 atom stereocenters. The van der Waals surface area contributed by atoms with E-state index in [1.807, 2.05) is 6.92 Å². The quantitative estimate of drug-likeness (QED) is 0.664. The Balaban J connectivity index is 3.10. The molecule has 4 N–H and O–H groups in total. The fourth-order valence-corrected chi connectivity index (χ4v) is 1.88. The van der Waals surface area contributed by atoms with Gasteiger partial charge in [-0.15, -0.1) is 0 Å². The van der Waals surface area contributed by atoms with Gasteiger partial charge in [-0.3, -0.25) is 14.3 Å². The maximum atomic E-state index is 11.8. The maximum Gasteiger partial charge on any atom is 0.330 e. The van der Waals surface area contributed by atoms with Crippen LogP contribution in [0.5, 0.6) is 0 Å². The van der Waals surface area contributed by atoms with Gasteiger partial charge in [0.15, 0.2) is 0 Å². The zero-order valence-corrected chi connectivity index (χ0v) is 11.7. The highest BCUT2D eigenvalue weighted by molar-refractivity contribution is 5.60. The van der Waals surface area contributed by atoms with Crippen molar-refractivity contribution >= 4 is 11.5 Å². The van der Waals surface area contributed by atoms with Crippen LogP contribution < -0.4 is 22.3 Å². The molecule has 1 aromatic rings. The topological polar surface area (TPSA) is 102 Å². The molecule has 0 radical (unpaired) electrons. The van der Waals surface area contributed by atoms with Gasteiger partial charge in [0.2, 0.25) is 0 Å². The lowest BCUT2D eigenvalue weighted by molar-refractivity contribution is 0.186. The molecule has 1 aromatic heterocycles. The largest absolute Gasteiger partial charge is 0.383 e. The highest BCUT2D eigenvalue weighted by atomic mass is 16.5. The number of nitrogen functional groups attached to an aromatic ring is 1. The Labute approximate surface area is 111 Å². The number of methoxy groups -OCH3 is 1. The van der Waals surface area contributed by atoms with Gasteiger partial charge in [-0.1, -0.05) is 13.3 Å². The molecule has 0 aromatic carbocycles. The molecule has 0 spiro atoms. The maximum absolute atomic E-state index is 11.8. The van der Waals surface area contributed by atoms with Gasteiger partial charge >= 0.3 is 5.69 Å². The minimum absolute atomic E-state index is 0.113. The zero-order chi connectivity index (χ0) is 14.4. The van der Waals surface area contributed by atoms with Crippen molar-refractivity contribution in [3.05, 3.63) is 20.8 Å². The first-order chi connectivity index (χ1) is 9.01. The number of nitrogens with zero attached hydrogens (tertiary/aromatic N) is 1. The summed E-state index contributed by atoms with van der Waals surface area (Å²) in [7, 11) is 1.54. The smallest absolute Gasteiger partial charge is 0.330 e. The van der Waals surface area contributed by atoms with Crippen molar-refractivity contribution in [1.29, 1.82) is 0 Å². The third kappa shape index (κ3) is 3.85. The molecular weight excluding hydrogens is 248 g/mol. The lowest BCUT2D eigenvalue weighted by atomic mass is 10.2. The van der Waals surface area contributed by atoms with Crippen LogP contribution in [0.3, 0.4) is 0 Å². The van der Waals surface area contributed by atoms with Crippen molar-refractivity contribution in [1.82, 2.24) is 9.55 Å². The molecule has 0 aliphatic heterocycles. The van der Waals surface area contributed by atoms with E-state index in [1.165, 1.54) is 11.7 Å². The van der Waals surface area contributed by atoms with Crippen LogP contribution in [0.25, 0.3) is 0 Å². The van der Waals surface area contributed by atoms with Crippen molar-refractivity contribution < 1.29 is 4.74 Å². The van der Waals surface area contributed by atoms with Crippen molar-refractivity contribution in [2.24, 2.45) is 0 Å². The lowest BCUT2D eigenvalue weighted by Gasteiger charge is -2.17. The van der Waals surface area contributed by atoms with Gasteiger partial charge in [0.25, 0.3) is 5.56 Å². The molecule has 0 fully saturated rings. The predicted octanol–water partition coefficient (Wildman–Crippen LogP) is 0.366. The Bertz CT molecular complexity index is 521. The van der Waals surface area contributed by atoms with E-state index >= 15 is 0 Å². The Hall–Kier alpha value is -1.76. The summed E-state index contributed by atoms with van der Waals surface area (Å²) in [5.74, 6) is 0.147. The van der Waals surface area contributed by atoms with Crippen molar-refractivity contribution in [3.8, 4) is 0 Å². The number of aromatic amines is 1. The van der Waals surface area contributed by atoms with Gasteiger partial charge in [-0.05, 0) is 13.3 Å². The minimum atomic E-state index is -0.520. The first-order valence-corrected chi connectivity index (χ1v) is 6.39. The fourth-order valence-electron chi connectivity index (χ4n) is 1.88. The normalized spacial score (nSPS) is 12.4. The van der Waals surface area contributed by atoms with Gasteiger partial charge in [-0.25, -0.2) is 4.79 Å². The molecule has 0 amide bonds. The van der Waals surface area contributed by atoms with Crippen molar-refractivity contribution in [2.75, 3.05) is 24.8 Å². The number of rotatable bonds is 7. The van der Waals surface area contributed by atoms with Crippen LogP contribution in [-0.4, -0.2) is 29.3 Å². The Kier molecular flexibility index (Phi) is 5.62. The van der Waals surface area contributed by atoms with E-state index in [0.29, 0.717) is 13.2 Å². The van der Waals surface area contributed by atoms with Gasteiger partial charge in [0.1, 0.15) is 11.5 Å². The van der Waals surface area contributed by atoms with Crippen LogP contribution in [0.1, 0.15) is 26.7 Å². The Morgan fingerprint density at radius 3 is 2.74 bits per heavy atom. The number of aromatic nitrogens is 2. The number of nitrogens with two attached hydrogens (primary N) is 1. The van der Waals surface area contributed by atoms with Gasteiger partial charge in [0.05, 0.1) is 13.2 Å². The summed E-state index contributed by atoms with van der Waals surface area (Å²) in [6.45, 7) is 4.67. The summed E-state index contributed by atoms with van der Waals surface area (Å²) in [6.07, 6.45) is 1.91. The molecular formula is C12H22N4O3. The number of hydrogen-bond donors (Lipinski definition) is 3. The molecule has 1 unspecified atom stereocenters. The van der Waals surface area contributed by atoms with Crippen LogP contribution in [0, 0.1) is 0 Å². The first-order valence-electron chi connectivity index (χ1n) is 6.39. The third-order valence-corrected chi connectivity index (χ3v) is 2.87. The molecule has 19 heavy (non-hydrogen) atoms. The summed E-state index contributed by atoms with van der Waals surface area (Å²) in [5, 5.41) is 3.05. The predicted molar refractivity (Wildman–Crippen MR) is 75.6 cm³/mol. The highest BCUT2D eigenvalue weighted by Crippen LogP contribution is 2.12. The molecule has 0 saturated carbocycles. The van der Waals surface area contributed by atoms with Crippen LogP contribution in [0.4, 0.5) is 11.5 Å². The Morgan fingerprint density at radius 2 is 2.16 bits per heavy atom. The van der Waals surface area contributed by atoms with Gasteiger partial charge in [-0.2, -0.15) is 0 Å². The van der Waals surface area contributed by atoms with Gasteiger partial charge in [0, 0.05) is 13.2 Å². The van der Waals surface area contributed by atoms with Crippen LogP contribution in [-0.2, 0) is 11.3 Å². The monoisotopic (exact) mass is 270 g/mol. The van der Waals surface area contributed by atoms with Gasteiger partial charge < -0.3 is 15.8 Å². The van der Waals surface area contributed by atoms with E-state index in [2.05, 4.69) is 17.2 Å². The molecule has 0 aliphatic carbocycles. The number of anilines is 2. The average molecular weight is 270 g/mol. The fraction of sp³-hybridized carbons (Fsp3) is 0.667. The second kappa shape index (κ2) is 6.98. The number of H-pyrrole nitrogens is 1. The molecule has 0 aliphatic rings. The van der Waals surface area contributed by atoms with E-state index in [9.17, 15) is 9.59 Å². The lowest BCUT2D eigenvalue weighted by Crippen LogP contribution is -2.36. The van der Waals surface area contributed by atoms with Crippen LogP contribution in [0.2, 0.25) is 0 Å². The van der Waals surface area contributed by atoms with E-state index < -0.39 is 11.2 Å². The summed E-state index contributed by atoms with van der Waals surface area (Å²) in [6, 6.07) is 0.113. The van der Waals surface area contributed by atoms with Crippen molar-refractivity contribution in [3.63, 3.8) is 0 Å². The van der Waals surface area contributed by atoms with Crippen LogP contribution >= 0.6 is 0 Å². The van der Waals surface area contributed by atoms with Crippen LogP contribution in [0.15, 0.2) is 9.59 Å². The van der Waals surface area contributed by atoms with E-state index in [1.54, 1.807) is 0 Å². The van der Waals surface area contributed by atoms with E-state index in [0.717, 1.165) is 12.8 Å². The van der Waals surface area contributed by atoms with E-state index in [-0.39, 0.29) is 17.5 Å². The summed E-state index contributed by atoms with van der Waals surface area (Å²) in [4.78, 5) is 25.7. The molecule has 7 nitrogen and oxygen atoms in total. The number of nitrogens with one attached hydrogen (secondary N) is 2. The van der Waals surface area contributed by atoms with E-state index in [4.69, 9.17) is 10.5 Å². The molecule has 0 bridgehead atoms.